The lowest BCUT2D eigenvalue weighted by Crippen LogP contribution is -2.44. The number of ether oxygens (including phenoxy) is 1. The Balaban J connectivity index is 1.81. The Morgan fingerprint density at radius 1 is 0.417 bits per heavy atom. The SMILES string of the molecule is CCCCCCCCCCCCCCCCCC[C@@H]1C(=O)O[C@@H]1CCCCCCCCCCCCC. The molecule has 2 atom stereocenters. The second kappa shape index (κ2) is 26.1. The number of carbonyl (C=O) groups excluding carboxylic acids is 1. The van der Waals surface area contributed by atoms with Crippen molar-refractivity contribution in [2.75, 3.05) is 0 Å². The number of hydrogen-bond acceptors (Lipinski definition) is 2. The van der Waals surface area contributed by atoms with E-state index in [9.17, 15) is 4.79 Å². The highest BCUT2D eigenvalue weighted by atomic mass is 16.6. The van der Waals surface area contributed by atoms with E-state index in [-0.39, 0.29) is 18.0 Å². The Morgan fingerprint density at radius 3 is 1.00 bits per heavy atom. The van der Waals surface area contributed by atoms with Crippen LogP contribution in [0.2, 0.25) is 0 Å². The van der Waals surface area contributed by atoms with Gasteiger partial charge in [0.15, 0.2) is 0 Å². The van der Waals surface area contributed by atoms with E-state index in [0.29, 0.717) is 0 Å². The van der Waals surface area contributed by atoms with Crippen LogP contribution in [-0.4, -0.2) is 12.1 Å². The van der Waals surface area contributed by atoms with Crippen LogP contribution in [0.15, 0.2) is 0 Å². The summed E-state index contributed by atoms with van der Waals surface area (Å²) in [6, 6.07) is 0. The van der Waals surface area contributed by atoms with Gasteiger partial charge < -0.3 is 4.74 Å². The van der Waals surface area contributed by atoms with Crippen LogP contribution >= 0.6 is 0 Å². The first-order valence-electron chi connectivity index (χ1n) is 17.0. The third kappa shape index (κ3) is 19.6. The smallest absolute Gasteiger partial charge is 0.313 e. The van der Waals surface area contributed by atoms with Crippen LogP contribution < -0.4 is 0 Å². The summed E-state index contributed by atoms with van der Waals surface area (Å²) >= 11 is 0. The van der Waals surface area contributed by atoms with Gasteiger partial charge in [0.1, 0.15) is 6.10 Å². The van der Waals surface area contributed by atoms with Crippen LogP contribution in [0, 0.1) is 5.92 Å². The predicted molar refractivity (Wildman–Crippen MR) is 159 cm³/mol. The fraction of sp³-hybridized carbons (Fsp3) is 0.971. The van der Waals surface area contributed by atoms with Crippen molar-refractivity contribution in [3.05, 3.63) is 0 Å². The molecule has 0 radical (unpaired) electrons. The molecule has 0 amide bonds. The molecule has 2 heteroatoms. The summed E-state index contributed by atoms with van der Waals surface area (Å²) < 4.78 is 5.48. The Hall–Kier alpha value is -0.530. The fourth-order valence-corrected chi connectivity index (χ4v) is 5.88. The van der Waals surface area contributed by atoms with Gasteiger partial charge in [-0.15, -0.1) is 0 Å². The van der Waals surface area contributed by atoms with Crippen molar-refractivity contribution >= 4 is 5.97 Å². The van der Waals surface area contributed by atoms with Gasteiger partial charge in [-0.3, -0.25) is 4.79 Å². The maximum absolute atomic E-state index is 11.9. The fourth-order valence-electron chi connectivity index (χ4n) is 5.88. The normalized spacial score (nSPS) is 17.3. The molecule has 0 spiro atoms. The molecule has 36 heavy (non-hydrogen) atoms. The van der Waals surface area contributed by atoms with Gasteiger partial charge in [-0.25, -0.2) is 0 Å². The molecule has 0 aromatic heterocycles. The summed E-state index contributed by atoms with van der Waals surface area (Å²) in [6.45, 7) is 4.58. The summed E-state index contributed by atoms with van der Waals surface area (Å²) in [5.74, 6) is 0.309. The van der Waals surface area contributed by atoms with Gasteiger partial charge in [0.05, 0.1) is 5.92 Å². The Bertz CT molecular complexity index is 460. The third-order valence-corrected chi connectivity index (χ3v) is 8.48. The molecular weight excluding hydrogens is 440 g/mol. The van der Waals surface area contributed by atoms with Crippen LogP contribution in [0.3, 0.4) is 0 Å². The maximum Gasteiger partial charge on any atom is 0.313 e. The molecule has 1 aliphatic rings. The highest BCUT2D eigenvalue weighted by molar-refractivity contribution is 5.78. The number of unbranched alkanes of at least 4 members (excludes halogenated alkanes) is 25. The molecule has 0 saturated carbocycles. The standard InChI is InChI=1S/C34H66O2/c1-3-5-7-9-11-13-15-16-17-18-19-21-22-24-26-28-30-32-33(36-34(32)35)31-29-27-25-23-20-14-12-10-8-6-4-2/h32-33H,3-31H2,1-2H3/t32-,33+/m0/s1. The highest BCUT2D eigenvalue weighted by Crippen LogP contribution is 2.31. The van der Waals surface area contributed by atoms with Crippen molar-refractivity contribution in [1.29, 1.82) is 0 Å². The lowest BCUT2D eigenvalue weighted by molar-refractivity contribution is -0.186. The van der Waals surface area contributed by atoms with Crippen LogP contribution in [0.1, 0.15) is 200 Å². The highest BCUT2D eigenvalue weighted by Gasteiger charge is 2.40. The molecule has 0 aromatic carbocycles. The first kappa shape index (κ1) is 33.5. The van der Waals surface area contributed by atoms with E-state index in [4.69, 9.17) is 4.74 Å². The second-order valence-corrected chi connectivity index (χ2v) is 12.0. The number of esters is 1. The minimum atomic E-state index is 0.0871. The van der Waals surface area contributed by atoms with E-state index in [1.807, 2.05) is 0 Å². The number of carbonyl (C=O) groups is 1. The van der Waals surface area contributed by atoms with Crippen molar-refractivity contribution in [2.45, 2.75) is 206 Å². The molecule has 1 fully saturated rings. The van der Waals surface area contributed by atoms with E-state index in [1.165, 1.54) is 173 Å². The molecule has 1 aliphatic heterocycles. The van der Waals surface area contributed by atoms with Crippen LogP contribution in [-0.2, 0) is 9.53 Å². The Labute approximate surface area is 227 Å². The van der Waals surface area contributed by atoms with Gasteiger partial charge in [-0.1, -0.05) is 181 Å². The molecule has 0 bridgehead atoms. The van der Waals surface area contributed by atoms with Crippen LogP contribution in [0.4, 0.5) is 0 Å². The molecule has 0 unspecified atom stereocenters. The first-order valence-corrected chi connectivity index (χ1v) is 17.0. The van der Waals surface area contributed by atoms with Crippen LogP contribution in [0.25, 0.3) is 0 Å². The van der Waals surface area contributed by atoms with E-state index in [2.05, 4.69) is 13.8 Å². The molecule has 0 aromatic rings. The zero-order valence-corrected chi connectivity index (χ0v) is 25.0. The van der Waals surface area contributed by atoms with Gasteiger partial charge in [-0.05, 0) is 19.3 Å². The van der Waals surface area contributed by atoms with Crippen molar-refractivity contribution in [1.82, 2.24) is 0 Å². The lowest BCUT2D eigenvalue weighted by atomic mass is 9.87. The van der Waals surface area contributed by atoms with E-state index < -0.39 is 0 Å². The number of cyclic esters (lactones) is 1. The summed E-state index contributed by atoms with van der Waals surface area (Å²) in [6.07, 6.45) is 40.0. The topological polar surface area (TPSA) is 26.3 Å². The van der Waals surface area contributed by atoms with E-state index in [1.54, 1.807) is 0 Å². The average molecular weight is 507 g/mol. The molecule has 0 N–H and O–H groups in total. The molecule has 214 valence electrons. The quantitative estimate of drug-likeness (QED) is 0.0744. The molecule has 2 nitrogen and oxygen atoms in total. The molecule has 1 saturated heterocycles. The van der Waals surface area contributed by atoms with Gasteiger partial charge >= 0.3 is 5.97 Å². The van der Waals surface area contributed by atoms with Gasteiger partial charge in [0.25, 0.3) is 0 Å². The largest absolute Gasteiger partial charge is 0.461 e. The molecule has 1 rings (SSSR count). The maximum atomic E-state index is 11.9. The number of hydrogen-bond donors (Lipinski definition) is 0. The minimum absolute atomic E-state index is 0.0871. The summed E-state index contributed by atoms with van der Waals surface area (Å²) in [5, 5.41) is 0. The lowest BCUT2D eigenvalue weighted by Gasteiger charge is -2.35. The summed E-state index contributed by atoms with van der Waals surface area (Å²) in [5.41, 5.74) is 0. The van der Waals surface area contributed by atoms with E-state index >= 15 is 0 Å². The summed E-state index contributed by atoms with van der Waals surface area (Å²) in [7, 11) is 0. The molecular formula is C34H66O2. The Kier molecular flexibility index (Phi) is 24.3. The zero-order chi connectivity index (χ0) is 25.9. The average Bonchev–Trinajstić information content (AvgIpc) is 2.88. The van der Waals surface area contributed by atoms with E-state index in [0.717, 1.165) is 12.8 Å². The zero-order valence-electron chi connectivity index (χ0n) is 25.0. The number of rotatable bonds is 29. The first-order chi connectivity index (χ1) is 17.8. The van der Waals surface area contributed by atoms with Crippen LogP contribution in [0.5, 0.6) is 0 Å². The minimum Gasteiger partial charge on any atom is -0.461 e. The van der Waals surface area contributed by atoms with Gasteiger partial charge in [0, 0.05) is 0 Å². The third-order valence-electron chi connectivity index (χ3n) is 8.48. The molecule has 1 heterocycles. The van der Waals surface area contributed by atoms with Crippen molar-refractivity contribution < 1.29 is 9.53 Å². The monoisotopic (exact) mass is 507 g/mol. The van der Waals surface area contributed by atoms with Gasteiger partial charge in [0.2, 0.25) is 0 Å². The second-order valence-electron chi connectivity index (χ2n) is 12.0. The molecule has 0 aliphatic carbocycles. The van der Waals surface area contributed by atoms with Crippen molar-refractivity contribution in [3.63, 3.8) is 0 Å². The summed E-state index contributed by atoms with van der Waals surface area (Å²) in [4.78, 5) is 11.9. The van der Waals surface area contributed by atoms with Gasteiger partial charge in [-0.2, -0.15) is 0 Å². The predicted octanol–water partition coefficient (Wildman–Crippen LogP) is 11.9. The van der Waals surface area contributed by atoms with Crippen molar-refractivity contribution in [2.24, 2.45) is 5.92 Å². The van der Waals surface area contributed by atoms with Crippen molar-refractivity contribution in [3.8, 4) is 0 Å². The Morgan fingerprint density at radius 2 is 0.694 bits per heavy atom.